The van der Waals surface area contributed by atoms with Crippen molar-refractivity contribution >= 4 is 0 Å². The summed E-state index contributed by atoms with van der Waals surface area (Å²) < 4.78 is 0. The first-order valence-corrected chi connectivity index (χ1v) is 4.10. The highest BCUT2D eigenvalue weighted by molar-refractivity contribution is 5.01. The Balaban J connectivity index is 4.10. The van der Waals surface area contributed by atoms with Gasteiger partial charge in [-0.15, -0.1) is 0 Å². The van der Waals surface area contributed by atoms with Crippen molar-refractivity contribution in [2.75, 3.05) is 6.54 Å². The maximum atomic E-state index is 5.44. The van der Waals surface area contributed by atoms with Crippen LogP contribution in [0, 0.1) is 0 Å². The Morgan fingerprint density at radius 2 is 2.18 bits per heavy atom. The van der Waals surface area contributed by atoms with E-state index in [1.54, 1.807) is 6.20 Å². The smallest absolute Gasteiger partial charge is 0.0327 e. The van der Waals surface area contributed by atoms with Gasteiger partial charge in [-0.05, 0) is 19.0 Å². The molecule has 0 rings (SSSR count). The summed E-state index contributed by atoms with van der Waals surface area (Å²) in [4.78, 5) is 2.08. The molecule has 0 heterocycles. The Morgan fingerprint density at radius 1 is 1.55 bits per heavy atom. The minimum atomic E-state index is 0.961. The van der Waals surface area contributed by atoms with Crippen LogP contribution in [0.15, 0.2) is 24.7 Å². The standard InChI is InChI=1S/C9H18N2/c1-4-7-11(6-3)9(5-2)8-10/h6,8H,3-5,7,10H2,1-2H3/b9-8-. The summed E-state index contributed by atoms with van der Waals surface area (Å²) in [6.07, 6.45) is 5.55. The second kappa shape index (κ2) is 5.83. The minimum absolute atomic E-state index is 0.961. The van der Waals surface area contributed by atoms with Crippen molar-refractivity contribution in [3.63, 3.8) is 0 Å². The molecule has 0 aliphatic heterocycles. The number of allylic oxidation sites excluding steroid dienone is 1. The normalized spacial score (nSPS) is 11.3. The maximum Gasteiger partial charge on any atom is 0.0327 e. The van der Waals surface area contributed by atoms with Crippen LogP contribution >= 0.6 is 0 Å². The molecule has 0 aromatic carbocycles. The molecular formula is C9H18N2. The lowest BCUT2D eigenvalue weighted by Gasteiger charge is -2.20. The first kappa shape index (κ1) is 10.1. The van der Waals surface area contributed by atoms with E-state index in [4.69, 9.17) is 5.73 Å². The Bertz CT molecular complexity index is 138. The van der Waals surface area contributed by atoms with E-state index in [9.17, 15) is 0 Å². The summed E-state index contributed by atoms with van der Waals surface area (Å²) >= 11 is 0. The number of rotatable bonds is 5. The first-order chi connectivity index (χ1) is 5.29. The van der Waals surface area contributed by atoms with Crippen LogP contribution in [0.3, 0.4) is 0 Å². The largest absolute Gasteiger partial charge is 0.403 e. The van der Waals surface area contributed by atoms with Crippen LogP contribution in [0.4, 0.5) is 0 Å². The van der Waals surface area contributed by atoms with Crippen molar-refractivity contribution < 1.29 is 0 Å². The van der Waals surface area contributed by atoms with E-state index in [2.05, 4.69) is 25.3 Å². The minimum Gasteiger partial charge on any atom is -0.403 e. The van der Waals surface area contributed by atoms with Gasteiger partial charge in [-0.3, -0.25) is 0 Å². The first-order valence-electron chi connectivity index (χ1n) is 4.10. The molecule has 64 valence electrons. The Kier molecular flexibility index (Phi) is 5.35. The number of nitrogens with zero attached hydrogens (tertiary/aromatic N) is 1. The summed E-state index contributed by atoms with van der Waals surface area (Å²) in [7, 11) is 0. The fraction of sp³-hybridized carbons (Fsp3) is 0.556. The van der Waals surface area contributed by atoms with Crippen LogP contribution in [0.1, 0.15) is 26.7 Å². The summed E-state index contributed by atoms with van der Waals surface area (Å²) in [6, 6.07) is 0. The molecule has 0 saturated heterocycles. The highest BCUT2D eigenvalue weighted by Gasteiger charge is 2.00. The van der Waals surface area contributed by atoms with E-state index in [1.807, 2.05) is 6.20 Å². The van der Waals surface area contributed by atoms with E-state index in [0.29, 0.717) is 0 Å². The fourth-order valence-corrected chi connectivity index (χ4v) is 1.01. The molecular weight excluding hydrogens is 136 g/mol. The number of hydrogen-bond donors (Lipinski definition) is 1. The molecule has 0 spiro atoms. The van der Waals surface area contributed by atoms with Crippen molar-refractivity contribution in [1.82, 2.24) is 4.90 Å². The van der Waals surface area contributed by atoms with Crippen LogP contribution in [0.25, 0.3) is 0 Å². The van der Waals surface area contributed by atoms with Gasteiger partial charge in [0.05, 0.1) is 0 Å². The van der Waals surface area contributed by atoms with Crippen LogP contribution in [0.5, 0.6) is 0 Å². The molecule has 0 bridgehead atoms. The molecule has 0 atom stereocenters. The molecule has 0 aromatic heterocycles. The van der Waals surface area contributed by atoms with Gasteiger partial charge in [0.2, 0.25) is 0 Å². The molecule has 0 saturated carbocycles. The van der Waals surface area contributed by atoms with Crippen molar-refractivity contribution in [3.05, 3.63) is 24.7 Å². The summed E-state index contributed by atoms with van der Waals surface area (Å²) in [5, 5.41) is 0. The number of hydrogen-bond acceptors (Lipinski definition) is 2. The second-order valence-corrected chi connectivity index (χ2v) is 2.39. The molecule has 0 unspecified atom stereocenters. The highest BCUT2D eigenvalue weighted by atomic mass is 15.1. The van der Waals surface area contributed by atoms with Gasteiger partial charge in [0.25, 0.3) is 0 Å². The van der Waals surface area contributed by atoms with Crippen LogP contribution in [-0.4, -0.2) is 11.4 Å². The van der Waals surface area contributed by atoms with Crippen molar-refractivity contribution in [3.8, 4) is 0 Å². The lowest BCUT2D eigenvalue weighted by molar-refractivity contribution is 0.448. The van der Waals surface area contributed by atoms with Gasteiger partial charge >= 0.3 is 0 Å². The molecule has 2 N–H and O–H groups in total. The van der Waals surface area contributed by atoms with Crippen molar-refractivity contribution in [1.29, 1.82) is 0 Å². The predicted molar refractivity (Wildman–Crippen MR) is 49.8 cm³/mol. The SMILES string of the molecule is C=CN(CCC)/C(=C\N)CC. The lowest BCUT2D eigenvalue weighted by atomic mass is 10.3. The Hall–Kier alpha value is -0.920. The zero-order chi connectivity index (χ0) is 8.69. The van der Waals surface area contributed by atoms with Gasteiger partial charge in [0.1, 0.15) is 0 Å². The van der Waals surface area contributed by atoms with Gasteiger partial charge in [0.15, 0.2) is 0 Å². The maximum absolute atomic E-state index is 5.44. The Morgan fingerprint density at radius 3 is 2.45 bits per heavy atom. The third kappa shape index (κ3) is 3.12. The number of nitrogens with two attached hydrogens (primary N) is 1. The highest BCUT2D eigenvalue weighted by Crippen LogP contribution is 2.07. The average molecular weight is 154 g/mol. The zero-order valence-electron chi connectivity index (χ0n) is 7.51. The van der Waals surface area contributed by atoms with Crippen molar-refractivity contribution in [2.24, 2.45) is 5.73 Å². The van der Waals surface area contributed by atoms with Gasteiger partial charge in [-0.2, -0.15) is 0 Å². The topological polar surface area (TPSA) is 29.3 Å². The molecule has 0 aliphatic rings. The molecule has 0 fully saturated rings. The molecule has 0 aliphatic carbocycles. The summed E-state index contributed by atoms with van der Waals surface area (Å²) in [5.74, 6) is 0. The van der Waals surface area contributed by atoms with E-state index < -0.39 is 0 Å². The molecule has 0 radical (unpaired) electrons. The average Bonchev–Trinajstić information content (AvgIpc) is 2.05. The van der Waals surface area contributed by atoms with E-state index in [1.165, 1.54) is 0 Å². The lowest BCUT2D eigenvalue weighted by Crippen LogP contribution is -2.17. The van der Waals surface area contributed by atoms with E-state index in [-0.39, 0.29) is 0 Å². The molecule has 11 heavy (non-hydrogen) atoms. The van der Waals surface area contributed by atoms with Crippen molar-refractivity contribution in [2.45, 2.75) is 26.7 Å². The van der Waals surface area contributed by atoms with Crippen LogP contribution < -0.4 is 5.73 Å². The zero-order valence-corrected chi connectivity index (χ0v) is 7.51. The second-order valence-electron chi connectivity index (χ2n) is 2.39. The third-order valence-electron chi connectivity index (χ3n) is 1.61. The van der Waals surface area contributed by atoms with Gasteiger partial charge in [0, 0.05) is 18.4 Å². The summed E-state index contributed by atoms with van der Waals surface area (Å²) in [6.45, 7) is 8.95. The van der Waals surface area contributed by atoms with Crippen LogP contribution in [0.2, 0.25) is 0 Å². The van der Waals surface area contributed by atoms with E-state index >= 15 is 0 Å². The van der Waals surface area contributed by atoms with Gasteiger partial charge in [-0.25, -0.2) is 0 Å². The molecule has 0 amide bonds. The third-order valence-corrected chi connectivity index (χ3v) is 1.61. The quantitative estimate of drug-likeness (QED) is 0.656. The summed E-state index contributed by atoms with van der Waals surface area (Å²) in [5.41, 5.74) is 6.58. The molecule has 2 nitrogen and oxygen atoms in total. The van der Waals surface area contributed by atoms with Gasteiger partial charge in [-0.1, -0.05) is 20.4 Å². The monoisotopic (exact) mass is 154 g/mol. The fourth-order valence-electron chi connectivity index (χ4n) is 1.01. The van der Waals surface area contributed by atoms with E-state index in [0.717, 1.165) is 25.1 Å². The molecule has 0 aromatic rings. The van der Waals surface area contributed by atoms with Crippen LogP contribution in [-0.2, 0) is 0 Å². The predicted octanol–water partition coefficient (Wildman–Crippen LogP) is 2.05. The van der Waals surface area contributed by atoms with Gasteiger partial charge < -0.3 is 10.6 Å². The molecule has 2 heteroatoms. The Labute approximate surface area is 69.4 Å².